The number of carbonyl (C=O) groups excluding carboxylic acids is 2. The quantitative estimate of drug-likeness (QED) is 0.542. The van der Waals surface area contributed by atoms with Gasteiger partial charge in [-0.3, -0.25) is 9.59 Å². The number of hydrogen-bond donors (Lipinski definition) is 2. The van der Waals surface area contributed by atoms with Crippen LogP contribution in [0.2, 0.25) is 0 Å². The molecule has 3 aromatic rings. The number of aryl methyl sites for hydroxylation is 2. The molecule has 2 N–H and O–H groups in total. The van der Waals surface area contributed by atoms with E-state index in [1.807, 2.05) is 0 Å². The second kappa shape index (κ2) is 9.75. The predicted molar refractivity (Wildman–Crippen MR) is 122 cm³/mol. The van der Waals surface area contributed by atoms with Crippen LogP contribution in [0.5, 0.6) is 0 Å². The molecule has 10 heteroatoms. The van der Waals surface area contributed by atoms with E-state index in [0.717, 1.165) is 9.87 Å². The van der Waals surface area contributed by atoms with Crippen LogP contribution in [0.3, 0.4) is 0 Å². The minimum Gasteiger partial charge on any atom is -0.337 e. The molecule has 0 fully saturated rings. The van der Waals surface area contributed by atoms with Gasteiger partial charge in [0.05, 0.1) is 11.2 Å². The Kier molecular flexibility index (Phi) is 7.06. The van der Waals surface area contributed by atoms with Crippen molar-refractivity contribution in [2.45, 2.75) is 24.8 Å². The normalized spacial score (nSPS) is 11.4. The van der Waals surface area contributed by atoms with Gasteiger partial charge in [0.2, 0.25) is 15.9 Å². The van der Waals surface area contributed by atoms with Crippen molar-refractivity contribution in [2.24, 2.45) is 0 Å². The molecule has 2 aromatic carbocycles. The zero-order valence-corrected chi connectivity index (χ0v) is 18.9. The van der Waals surface area contributed by atoms with Crippen LogP contribution in [0.1, 0.15) is 22.3 Å². The summed E-state index contributed by atoms with van der Waals surface area (Å²) in [7, 11) is -0.736. The number of rotatable bonds is 8. The van der Waals surface area contributed by atoms with Gasteiger partial charge in [0.25, 0.3) is 5.91 Å². The zero-order chi connectivity index (χ0) is 23.3. The van der Waals surface area contributed by atoms with Gasteiger partial charge in [0.15, 0.2) is 0 Å². The number of benzene rings is 2. The Balaban J connectivity index is 1.70. The van der Waals surface area contributed by atoms with Crippen molar-refractivity contribution in [2.75, 3.05) is 24.7 Å². The largest absolute Gasteiger partial charge is 0.337 e. The first-order valence-electron chi connectivity index (χ1n) is 9.87. The molecular formula is C22H25N5O4S. The summed E-state index contributed by atoms with van der Waals surface area (Å²) in [4.78, 5) is 29.0. The molecule has 168 valence electrons. The van der Waals surface area contributed by atoms with E-state index in [1.165, 1.54) is 26.2 Å². The summed E-state index contributed by atoms with van der Waals surface area (Å²) in [6, 6.07) is 11.1. The number of nitrogens with zero attached hydrogens (tertiary/aromatic N) is 3. The number of carbonyl (C=O) groups is 2. The Morgan fingerprint density at radius 1 is 1.09 bits per heavy atom. The average Bonchev–Trinajstić information content (AvgIpc) is 3.27. The maximum atomic E-state index is 12.8. The molecule has 0 saturated carbocycles. The molecule has 0 saturated heterocycles. The van der Waals surface area contributed by atoms with Crippen LogP contribution in [-0.2, 0) is 21.4 Å². The molecule has 0 aliphatic carbocycles. The predicted octanol–water partition coefficient (Wildman–Crippen LogP) is 2.72. The molecule has 32 heavy (non-hydrogen) atoms. The lowest BCUT2D eigenvalue weighted by Gasteiger charge is -2.14. The summed E-state index contributed by atoms with van der Waals surface area (Å²) in [5.74, 6) is -0.601. The standard InChI is InChI=1S/C22H25N5O4S/c1-16-7-8-19(32(30,31)26(2)3)14-20(16)25-22(29)17-5-4-6-18(13-17)24-21(28)9-11-27-12-10-23-15-27/h4-8,10,12-15H,9,11H2,1-3H3,(H,24,28)(H,25,29). The van der Waals surface area contributed by atoms with Gasteiger partial charge in [-0.25, -0.2) is 17.7 Å². The summed E-state index contributed by atoms with van der Waals surface area (Å²) in [5, 5.41) is 5.54. The van der Waals surface area contributed by atoms with E-state index < -0.39 is 15.9 Å². The van der Waals surface area contributed by atoms with E-state index in [4.69, 9.17) is 0 Å². The van der Waals surface area contributed by atoms with Crippen LogP contribution >= 0.6 is 0 Å². The van der Waals surface area contributed by atoms with Crippen LogP contribution in [0.4, 0.5) is 11.4 Å². The van der Waals surface area contributed by atoms with Crippen LogP contribution in [-0.4, -0.2) is 48.2 Å². The number of sulfonamides is 1. The summed E-state index contributed by atoms with van der Waals surface area (Å²) < 4.78 is 27.7. The lowest BCUT2D eigenvalue weighted by atomic mass is 10.1. The molecule has 0 spiro atoms. The third-order valence-electron chi connectivity index (χ3n) is 4.80. The summed E-state index contributed by atoms with van der Waals surface area (Å²) in [6.07, 6.45) is 5.32. The number of nitrogens with one attached hydrogen (secondary N) is 2. The first kappa shape index (κ1) is 23.2. The van der Waals surface area contributed by atoms with Gasteiger partial charge < -0.3 is 15.2 Å². The fourth-order valence-corrected chi connectivity index (χ4v) is 3.84. The second-order valence-electron chi connectivity index (χ2n) is 7.40. The lowest BCUT2D eigenvalue weighted by Crippen LogP contribution is -2.22. The highest BCUT2D eigenvalue weighted by Gasteiger charge is 2.19. The molecular weight excluding hydrogens is 430 g/mol. The molecule has 3 rings (SSSR count). The van der Waals surface area contributed by atoms with E-state index in [0.29, 0.717) is 23.5 Å². The van der Waals surface area contributed by atoms with Crippen molar-refractivity contribution in [1.82, 2.24) is 13.9 Å². The molecule has 0 bridgehead atoms. The highest BCUT2D eigenvalue weighted by Crippen LogP contribution is 2.23. The van der Waals surface area contributed by atoms with Crippen molar-refractivity contribution >= 4 is 33.2 Å². The smallest absolute Gasteiger partial charge is 0.255 e. The molecule has 0 aliphatic heterocycles. The first-order chi connectivity index (χ1) is 15.2. The Morgan fingerprint density at radius 2 is 1.88 bits per heavy atom. The SMILES string of the molecule is Cc1ccc(S(=O)(=O)N(C)C)cc1NC(=O)c1cccc(NC(=O)CCn2ccnc2)c1. The van der Waals surface area contributed by atoms with Gasteiger partial charge in [-0.2, -0.15) is 0 Å². The summed E-state index contributed by atoms with van der Waals surface area (Å²) in [6.45, 7) is 2.27. The molecule has 0 radical (unpaired) electrons. The van der Waals surface area contributed by atoms with E-state index in [1.54, 1.807) is 60.5 Å². The van der Waals surface area contributed by atoms with Crippen molar-refractivity contribution in [3.8, 4) is 0 Å². The van der Waals surface area contributed by atoms with Gasteiger partial charge in [-0.15, -0.1) is 0 Å². The molecule has 2 amide bonds. The molecule has 0 unspecified atom stereocenters. The van der Waals surface area contributed by atoms with Crippen LogP contribution in [0.15, 0.2) is 66.1 Å². The minimum atomic E-state index is -3.63. The Hall–Kier alpha value is -3.50. The molecule has 1 heterocycles. The Bertz CT molecular complexity index is 1220. The minimum absolute atomic E-state index is 0.0855. The lowest BCUT2D eigenvalue weighted by molar-refractivity contribution is -0.116. The number of hydrogen-bond acceptors (Lipinski definition) is 5. The third kappa shape index (κ3) is 5.59. The molecule has 0 atom stereocenters. The third-order valence-corrected chi connectivity index (χ3v) is 6.61. The van der Waals surface area contributed by atoms with Crippen LogP contribution < -0.4 is 10.6 Å². The van der Waals surface area contributed by atoms with E-state index >= 15 is 0 Å². The monoisotopic (exact) mass is 455 g/mol. The van der Waals surface area contributed by atoms with Crippen LogP contribution in [0, 0.1) is 6.92 Å². The van der Waals surface area contributed by atoms with E-state index in [9.17, 15) is 18.0 Å². The molecule has 9 nitrogen and oxygen atoms in total. The average molecular weight is 456 g/mol. The van der Waals surface area contributed by atoms with Gasteiger partial charge in [-0.05, 0) is 42.8 Å². The number of aromatic nitrogens is 2. The van der Waals surface area contributed by atoms with Gasteiger partial charge >= 0.3 is 0 Å². The Labute approximate surface area is 187 Å². The van der Waals surface area contributed by atoms with Crippen molar-refractivity contribution in [3.05, 3.63) is 72.3 Å². The number of anilines is 2. The van der Waals surface area contributed by atoms with E-state index in [-0.39, 0.29) is 17.2 Å². The fourth-order valence-electron chi connectivity index (χ4n) is 2.91. The molecule has 1 aromatic heterocycles. The number of amides is 2. The maximum absolute atomic E-state index is 12.8. The summed E-state index contributed by atoms with van der Waals surface area (Å²) in [5.41, 5.74) is 1.94. The van der Waals surface area contributed by atoms with Crippen LogP contribution in [0.25, 0.3) is 0 Å². The number of imidazole rings is 1. The highest BCUT2D eigenvalue weighted by atomic mass is 32.2. The van der Waals surface area contributed by atoms with Gasteiger partial charge in [0.1, 0.15) is 0 Å². The topological polar surface area (TPSA) is 113 Å². The highest BCUT2D eigenvalue weighted by molar-refractivity contribution is 7.89. The van der Waals surface area contributed by atoms with E-state index in [2.05, 4.69) is 15.6 Å². The summed E-state index contributed by atoms with van der Waals surface area (Å²) >= 11 is 0. The Morgan fingerprint density at radius 3 is 2.56 bits per heavy atom. The van der Waals surface area contributed by atoms with Crippen molar-refractivity contribution in [3.63, 3.8) is 0 Å². The first-order valence-corrected chi connectivity index (χ1v) is 11.3. The van der Waals surface area contributed by atoms with Crippen molar-refractivity contribution in [1.29, 1.82) is 0 Å². The maximum Gasteiger partial charge on any atom is 0.255 e. The zero-order valence-electron chi connectivity index (χ0n) is 18.1. The van der Waals surface area contributed by atoms with Gasteiger partial charge in [-0.1, -0.05) is 12.1 Å². The van der Waals surface area contributed by atoms with Gasteiger partial charge in [0, 0.05) is 56.4 Å². The molecule has 0 aliphatic rings. The second-order valence-corrected chi connectivity index (χ2v) is 9.55. The fraction of sp³-hybridized carbons (Fsp3) is 0.227. The van der Waals surface area contributed by atoms with Crippen molar-refractivity contribution < 1.29 is 18.0 Å².